The average Bonchev–Trinajstić information content (AvgIpc) is 3.10. The van der Waals surface area contributed by atoms with Crippen molar-refractivity contribution in [3.8, 4) is 28.5 Å². The molecule has 0 aliphatic rings. The molecule has 0 fully saturated rings. The molecule has 0 aliphatic carbocycles. The van der Waals surface area contributed by atoms with Crippen LogP contribution in [-0.4, -0.2) is 24.2 Å². The highest BCUT2D eigenvalue weighted by molar-refractivity contribution is 5.67. The summed E-state index contributed by atoms with van der Waals surface area (Å²) in [5, 5.41) is 10.9. The largest absolute Gasteiger partial charge is 0.507 e. The van der Waals surface area contributed by atoms with Gasteiger partial charge in [-0.05, 0) is 35.1 Å². The Morgan fingerprint density at radius 1 is 0.828 bits per heavy atom. The van der Waals surface area contributed by atoms with Crippen LogP contribution in [0.4, 0.5) is 5.69 Å². The van der Waals surface area contributed by atoms with Gasteiger partial charge in [-0.15, -0.1) is 0 Å². The van der Waals surface area contributed by atoms with Crippen molar-refractivity contribution in [1.29, 1.82) is 0 Å². The number of phenolic OH excluding ortho intramolecular Hbond substituents is 1. The lowest BCUT2D eigenvalue weighted by Gasteiger charge is -2.27. The summed E-state index contributed by atoms with van der Waals surface area (Å²) in [5.41, 5.74) is 5.23. The van der Waals surface area contributed by atoms with Gasteiger partial charge in [0, 0.05) is 42.0 Å². The van der Waals surface area contributed by atoms with Crippen LogP contribution in [0.3, 0.4) is 0 Å². The molecule has 0 radical (unpaired) electrons. The molecule has 1 aromatic heterocycles. The lowest BCUT2D eigenvalue weighted by Crippen LogP contribution is -2.17. The summed E-state index contributed by atoms with van der Waals surface area (Å²) < 4.78 is 5.85. The zero-order chi connectivity index (χ0) is 21.6. The highest BCUT2D eigenvalue weighted by atomic mass is 16.3. The van der Waals surface area contributed by atoms with Gasteiger partial charge in [0.15, 0.2) is 0 Å². The van der Waals surface area contributed by atoms with Crippen molar-refractivity contribution in [1.82, 2.24) is 4.98 Å². The highest BCUT2D eigenvalue weighted by Gasteiger charge is 2.27. The molecule has 0 amide bonds. The molecule has 4 nitrogen and oxygen atoms in total. The molecule has 154 valence electrons. The molecule has 3 rings (SSSR count). The molecule has 29 heavy (non-hydrogen) atoms. The lowest BCUT2D eigenvalue weighted by molar-refractivity contribution is 0.423. The van der Waals surface area contributed by atoms with Crippen molar-refractivity contribution in [2.45, 2.75) is 52.4 Å². The van der Waals surface area contributed by atoms with Crippen LogP contribution in [0.25, 0.3) is 22.7 Å². The van der Waals surface area contributed by atoms with Crippen molar-refractivity contribution in [3.05, 3.63) is 53.8 Å². The highest BCUT2D eigenvalue weighted by Crippen LogP contribution is 2.42. The fraction of sp³-hybridized carbons (Fsp3) is 0.400. The van der Waals surface area contributed by atoms with Crippen LogP contribution in [0.15, 0.2) is 47.1 Å². The number of hydrogen-bond acceptors (Lipinski definition) is 4. The number of phenols is 1. The van der Waals surface area contributed by atoms with E-state index in [-0.39, 0.29) is 10.8 Å². The summed E-state index contributed by atoms with van der Waals surface area (Å²) in [6, 6.07) is 12.2. The van der Waals surface area contributed by atoms with E-state index >= 15 is 0 Å². The molecule has 0 unspecified atom stereocenters. The standard InChI is InChI=1S/C25H32N2O2/c1-24(2,3)19-13-17(14-20(22(19)28)25(4,5)6)23-26-21(15-29-23)16-9-11-18(12-10-16)27(7)8/h9-15,28H,1-8H3. The third-order valence-electron chi connectivity index (χ3n) is 5.16. The predicted octanol–water partition coefficient (Wildman–Crippen LogP) is 6.38. The van der Waals surface area contributed by atoms with Gasteiger partial charge in [0.05, 0.1) is 0 Å². The van der Waals surface area contributed by atoms with E-state index in [1.165, 1.54) is 0 Å². The maximum absolute atomic E-state index is 10.9. The first kappa shape index (κ1) is 21.0. The van der Waals surface area contributed by atoms with Gasteiger partial charge in [-0.25, -0.2) is 4.98 Å². The monoisotopic (exact) mass is 392 g/mol. The Bertz CT molecular complexity index is 966. The van der Waals surface area contributed by atoms with Crippen LogP contribution < -0.4 is 4.90 Å². The summed E-state index contributed by atoms with van der Waals surface area (Å²) in [6.45, 7) is 12.6. The van der Waals surface area contributed by atoms with Crippen LogP contribution in [0.5, 0.6) is 5.75 Å². The predicted molar refractivity (Wildman–Crippen MR) is 121 cm³/mol. The first-order chi connectivity index (χ1) is 13.4. The molecule has 0 atom stereocenters. The van der Waals surface area contributed by atoms with Gasteiger partial charge in [-0.2, -0.15) is 0 Å². The van der Waals surface area contributed by atoms with Crippen LogP contribution in [0, 0.1) is 0 Å². The van der Waals surface area contributed by atoms with E-state index in [2.05, 4.69) is 70.7 Å². The molecule has 1 heterocycles. The number of hydrogen-bond donors (Lipinski definition) is 1. The number of anilines is 1. The lowest BCUT2D eigenvalue weighted by atomic mass is 9.78. The van der Waals surface area contributed by atoms with Gasteiger partial charge in [-0.3, -0.25) is 0 Å². The Labute approximate surface area is 174 Å². The zero-order valence-corrected chi connectivity index (χ0v) is 18.8. The van der Waals surface area contributed by atoms with Crippen LogP contribution >= 0.6 is 0 Å². The number of rotatable bonds is 3. The summed E-state index contributed by atoms with van der Waals surface area (Å²) in [4.78, 5) is 6.81. The van der Waals surface area contributed by atoms with Crippen molar-refractivity contribution in [3.63, 3.8) is 0 Å². The molecule has 0 bridgehead atoms. The quantitative estimate of drug-likeness (QED) is 0.562. The summed E-state index contributed by atoms with van der Waals surface area (Å²) >= 11 is 0. The fourth-order valence-electron chi connectivity index (χ4n) is 3.37. The van der Waals surface area contributed by atoms with Gasteiger partial charge >= 0.3 is 0 Å². The van der Waals surface area contributed by atoms with Gasteiger partial charge in [-0.1, -0.05) is 53.7 Å². The van der Waals surface area contributed by atoms with Crippen LogP contribution in [0.1, 0.15) is 52.7 Å². The normalized spacial score (nSPS) is 12.3. The first-order valence-corrected chi connectivity index (χ1v) is 9.99. The van der Waals surface area contributed by atoms with E-state index in [9.17, 15) is 5.11 Å². The second-order valence-electron chi connectivity index (χ2n) is 9.90. The Kier molecular flexibility index (Phi) is 5.24. The van der Waals surface area contributed by atoms with Crippen molar-refractivity contribution in [2.24, 2.45) is 0 Å². The smallest absolute Gasteiger partial charge is 0.226 e. The molecule has 0 spiro atoms. The first-order valence-electron chi connectivity index (χ1n) is 9.99. The summed E-state index contributed by atoms with van der Waals surface area (Å²) in [6.07, 6.45) is 1.69. The maximum atomic E-state index is 10.9. The Hall–Kier alpha value is -2.75. The van der Waals surface area contributed by atoms with Crippen molar-refractivity contribution >= 4 is 5.69 Å². The Morgan fingerprint density at radius 3 is 1.79 bits per heavy atom. The minimum absolute atomic E-state index is 0.197. The van der Waals surface area contributed by atoms with E-state index in [0.29, 0.717) is 11.6 Å². The van der Waals surface area contributed by atoms with Crippen molar-refractivity contribution in [2.75, 3.05) is 19.0 Å². The van der Waals surface area contributed by atoms with Gasteiger partial charge in [0.2, 0.25) is 5.89 Å². The fourth-order valence-corrected chi connectivity index (χ4v) is 3.37. The van der Waals surface area contributed by atoms with Gasteiger partial charge < -0.3 is 14.4 Å². The molecule has 3 aromatic rings. The van der Waals surface area contributed by atoms with Gasteiger partial charge in [0.25, 0.3) is 0 Å². The second kappa shape index (κ2) is 7.25. The number of aromatic nitrogens is 1. The molecule has 0 saturated carbocycles. The van der Waals surface area contributed by atoms with E-state index in [4.69, 9.17) is 9.40 Å². The van der Waals surface area contributed by atoms with E-state index in [1.807, 2.05) is 26.2 Å². The minimum atomic E-state index is -0.197. The van der Waals surface area contributed by atoms with E-state index < -0.39 is 0 Å². The number of nitrogens with zero attached hydrogens (tertiary/aromatic N) is 2. The summed E-state index contributed by atoms with van der Waals surface area (Å²) in [5.74, 6) is 0.924. The molecular formula is C25H32N2O2. The topological polar surface area (TPSA) is 49.5 Å². The minimum Gasteiger partial charge on any atom is -0.507 e. The SMILES string of the molecule is CN(C)c1ccc(-c2coc(-c3cc(C(C)(C)C)c(O)c(C(C)(C)C)c3)n2)cc1. The third kappa shape index (κ3) is 4.31. The van der Waals surface area contributed by atoms with Gasteiger partial charge in [0.1, 0.15) is 17.7 Å². The average molecular weight is 393 g/mol. The maximum Gasteiger partial charge on any atom is 0.226 e. The van der Waals surface area contributed by atoms with E-state index in [0.717, 1.165) is 33.6 Å². The molecule has 0 aliphatic heterocycles. The van der Waals surface area contributed by atoms with E-state index in [1.54, 1.807) is 6.26 Å². The Balaban J connectivity index is 2.07. The Morgan fingerprint density at radius 2 is 1.34 bits per heavy atom. The second-order valence-corrected chi connectivity index (χ2v) is 9.90. The molecule has 4 heteroatoms. The van der Waals surface area contributed by atoms with Crippen LogP contribution in [0.2, 0.25) is 0 Å². The van der Waals surface area contributed by atoms with Crippen LogP contribution in [-0.2, 0) is 10.8 Å². The number of aromatic hydroxyl groups is 1. The molecular weight excluding hydrogens is 360 g/mol. The molecule has 1 N–H and O–H groups in total. The van der Waals surface area contributed by atoms with Crippen molar-refractivity contribution < 1.29 is 9.52 Å². The zero-order valence-electron chi connectivity index (χ0n) is 18.8. The molecule has 0 saturated heterocycles. The number of benzene rings is 2. The molecule has 2 aromatic carbocycles. The third-order valence-corrected chi connectivity index (χ3v) is 5.16. The number of oxazole rings is 1. The summed E-state index contributed by atoms with van der Waals surface area (Å²) in [7, 11) is 4.04.